The maximum Gasteiger partial charge on any atom is 0.261 e. The molecule has 8 heteroatoms. The number of anilines is 2. The van der Waals surface area contributed by atoms with Crippen molar-refractivity contribution in [2.75, 3.05) is 24.3 Å². The average molecular weight is 426 g/mol. The number of carbonyl (C=O) groups excluding carboxylic acids is 1. The summed E-state index contributed by atoms with van der Waals surface area (Å²) in [6.45, 7) is 1.81. The van der Waals surface area contributed by atoms with Crippen molar-refractivity contribution < 1.29 is 22.7 Å². The Hall–Kier alpha value is -3.52. The lowest BCUT2D eigenvalue weighted by Gasteiger charge is -2.15. The van der Waals surface area contributed by atoms with Gasteiger partial charge in [-0.3, -0.25) is 9.52 Å². The number of methoxy groups -OCH3 is 2. The molecule has 0 aliphatic rings. The van der Waals surface area contributed by atoms with Crippen LogP contribution in [0.1, 0.15) is 15.9 Å². The van der Waals surface area contributed by atoms with E-state index in [1.165, 1.54) is 26.4 Å². The van der Waals surface area contributed by atoms with Gasteiger partial charge in [0.1, 0.15) is 11.5 Å². The number of benzene rings is 3. The second-order valence-corrected chi connectivity index (χ2v) is 8.17. The van der Waals surface area contributed by atoms with Crippen molar-refractivity contribution in [1.82, 2.24) is 0 Å². The number of aryl methyl sites for hydroxylation is 1. The van der Waals surface area contributed by atoms with Crippen molar-refractivity contribution in [2.24, 2.45) is 0 Å². The number of hydrogen-bond acceptors (Lipinski definition) is 5. The summed E-state index contributed by atoms with van der Waals surface area (Å²) >= 11 is 0. The zero-order valence-electron chi connectivity index (χ0n) is 16.8. The predicted octanol–water partition coefficient (Wildman–Crippen LogP) is 4.07. The predicted molar refractivity (Wildman–Crippen MR) is 116 cm³/mol. The highest BCUT2D eigenvalue weighted by atomic mass is 32.2. The van der Waals surface area contributed by atoms with Crippen LogP contribution in [0.4, 0.5) is 11.4 Å². The first-order chi connectivity index (χ1) is 14.3. The zero-order valence-corrected chi connectivity index (χ0v) is 17.6. The number of para-hydroxylation sites is 1. The van der Waals surface area contributed by atoms with Crippen molar-refractivity contribution in [3.05, 3.63) is 77.9 Å². The molecule has 0 heterocycles. The van der Waals surface area contributed by atoms with Gasteiger partial charge in [-0.25, -0.2) is 8.42 Å². The maximum atomic E-state index is 12.9. The van der Waals surface area contributed by atoms with E-state index in [9.17, 15) is 13.2 Å². The fraction of sp³-hybridized carbons (Fsp3) is 0.136. The molecule has 0 bridgehead atoms. The Kier molecular flexibility index (Phi) is 6.27. The van der Waals surface area contributed by atoms with Gasteiger partial charge in [-0.05, 0) is 48.9 Å². The Morgan fingerprint density at radius 2 is 1.63 bits per heavy atom. The summed E-state index contributed by atoms with van der Waals surface area (Å²) in [7, 11) is -0.846. The third kappa shape index (κ3) is 4.72. The monoisotopic (exact) mass is 426 g/mol. The van der Waals surface area contributed by atoms with E-state index in [0.29, 0.717) is 17.2 Å². The molecule has 2 N–H and O–H groups in total. The maximum absolute atomic E-state index is 12.9. The highest BCUT2D eigenvalue weighted by Crippen LogP contribution is 2.30. The van der Waals surface area contributed by atoms with Gasteiger partial charge in [0.15, 0.2) is 0 Å². The van der Waals surface area contributed by atoms with Crippen LogP contribution in [0, 0.1) is 6.92 Å². The second-order valence-electron chi connectivity index (χ2n) is 6.49. The summed E-state index contributed by atoms with van der Waals surface area (Å²) in [6.07, 6.45) is 0. The quantitative estimate of drug-likeness (QED) is 0.594. The van der Waals surface area contributed by atoms with E-state index < -0.39 is 15.9 Å². The van der Waals surface area contributed by atoms with Crippen LogP contribution in [-0.2, 0) is 10.0 Å². The van der Waals surface area contributed by atoms with Crippen LogP contribution in [0.2, 0.25) is 0 Å². The van der Waals surface area contributed by atoms with Crippen molar-refractivity contribution in [3.8, 4) is 11.5 Å². The van der Waals surface area contributed by atoms with E-state index in [2.05, 4.69) is 10.0 Å². The molecule has 0 spiro atoms. The van der Waals surface area contributed by atoms with Gasteiger partial charge in [0.05, 0.1) is 36.1 Å². The van der Waals surface area contributed by atoms with Crippen LogP contribution in [0.15, 0.2) is 71.6 Å². The first-order valence-electron chi connectivity index (χ1n) is 9.06. The third-order valence-corrected chi connectivity index (χ3v) is 5.74. The molecular weight excluding hydrogens is 404 g/mol. The summed E-state index contributed by atoms with van der Waals surface area (Å²) in [4.78, 5) is 13.0. The van der Waals surface area contributed by atoms with E-state index in [1.807, 2.05) is 13.0 Å². The molecule has 0 fully saturated rings. The first kappa shape index (κ1) is 21.2. The SMILES string of the molecule is COc1ccc(NC(=O)c2ccccc2NS(=O)(=O)c2cccc(C)c2)c(OC)c1. The number of rotatable bonds is 7. The van der Waals surface area contributed by atoms with Gasteiger partial charge in [0.25, 0.3) is 15.9 Å². The Morgan fingerprint density at radius 3 is 2.33 bits per heavy atom. The summed E-state index contributed by atoms with van der Waals surface area (Å²) in [5.74, 6) is 0.512. The Morgan fingerprint density at radius 1 is 0.867 bits per heavy atom. The van der Waals surface area contributed by atoms with Crippen LogP contribution in [-0.4, -0.2) is 28.5 Å². The molecule has 0 aromatic heterocycles. The molecule has 3 aromatic carbocycles. The number of hydrogen-bond donors (Lipinski definition) is 2. The Labute approximate surface area is 175 Å². The molecule has 30 heavy (non-hydrogen) atoms. The number of sulfonamides is 1. The normalized spacial score (nSPS) is 10.9. The Balaban J connectivity index is 1.89. The van der Waals surface area contributed by atoms with Gasteiger partial charge in [0, 0.05) is 6.07 Å². The molecular formula is C22H22N2O5S. The van der Waals surface area contributed by atoms with Gasteiger partial charge in [0.2, 0.25) is 0 Å². The van der Waals surface area contributed by atoms with E-state index in [1.54, 1.807) is 48.5 Å². The topological polar surface area (TPSA) is 93.7 Å². The number of carbonyl (C=O) groups is 1. The molecule has 0 saturated carbocycles. The second kappa shape index (κ2) is 8.87. The molecule has 3 aromatic rings. The first-order valence-corrected chi connectivity index (χ1v) is 10.5. The fourth-order valence-corrected chi connectivity index (χ4v) is 4.03. The number of amides is 1. The minimum Gasteiger partial charge on any atom is -0.497 e. The average Bonchev–Trinajstić information content (AvgIpc) is 2.74. The number of nitrogens with one attached hydrogen (secondary N) is 2. The smallest absolute Gasteiger partial charge is 0.261 e. The molecule has 1 amide bonds. The summed E-state index contributed by atoms with van der Waals surface area (Å²) < 4.78 is 38.5. The van der Waals surface area contributed by atoms with Crippen LogP contribution >= 0.6 is 0 Å². The van der Waals surface area contributed by atoms with Crippen molar-refractivity contribution in [3.63, 3.8) is 0 Å². The van der Waals surface area contributed by atoms with E-state index >= 15 is 0 Å². The molecule has 0 aliphatic heterocycles. The summed E-state index contributed by atoms with van der Waals surface area (Å²) in [5, 5.41) is 2.75. The van der Waals surface area contributed by atoms with Gasteiger partial charge in [-0.15, -0.1) is 0 Å². The molecule has 0 unspecified atom stereocenters. The molecule has 0 atom stereocenters. The van der Waals surface area contributed by atoms with Crippen LogP contribution in [0.5, 0.6) is 11.5 Å². The Bertz CT molecular complexity index is 1180. The lowest BCUT2D eigenvalue weighted by atomic mass is 10.1. The highest BCUT2D eigenvalue weighted by Gasteiger charge is 2.19. The van der Waals surface area contributed by atoms with Crippen LogP contribution < -0.4 is 19.5 Å². The molecule has 7 nitrogen and oxygen atoms in total. The number of ether oxygens (including phenoxy) is 2. The largest absolute Gasteiger partial charge is 0.497 e. The van der Waals surface area contributed by atoms with E-state index in [-0.39, 0.29) is 16.1 Å². The van der Waals surface area contributed by atoms with E-state index in [0.717, 1.165) is 5.56 Å². The third-order valence-electron chi connectivity index (χ3n) is 4.37. The van der Waals surface area contributed by atoms with Gasteiger partial charge >= 0.3 is 0 Å². The summed E-state index contributed by atoms with van der Waals surface area (Å²) in [6, 6.07) is 17.9. The standard InChI is InChI=1S/C22H22N2O5S/c1-15-7-6-8-17(13-15)30(26,27)24-19-10-5-4-9-18(19)22(25)23-20-12-11-16(28-2)14-21(20)29-3/h4-14,24H,1-3H3,(H,23,25). The minimum atomic E-state index is -3.86. The van der Waals surface area contributed by atoms with Crippen molar-refractivity contribution in [2.45, 2.75) is 11.8 Å². The van der Waals surface area contributed by atoms with Crippen molar-refractivity contribution in [1.29, 1.82) is 0 Å². The van der Waals surface area contributed by atoms with Gasteiger partial charge in [-0.2, -0.15) is 0 Å². The molecule has 0 aliphatic carbocycles. The van der Waals surface area contributed by atoms with Crippen LogP contribution in [0.3, 0.4) is 0 Å². The minimum absolute atomic E-state index is 0.120. The van der Waals surface area contributed by atoms with Crippen molar-refractivity contribution >= 4 is 27.3 Å². The van der Waals surface area contributed by atoms with Gasteiger partial charge in [-0.1, -0.05) is 24.3 Å². The summed E-state index contributed by atoms with van der Waals surface area (Å²) in [5.41, 5.74) is 1.59. The molecule has 3 rings (SSSR count). The zero-order chi connectivity index (χ0) is 21.7. The lowest BCUT2D eigenvalue weighted by molar-refractivity contribution is 0.102. The fourth-order valence-electron chi connectivity index (χ4n) is 2.85. The molecule has 156 valence electrons. The van der Waals surface area contributed by atoms with Crippen LogP contribution in [0.25, 0.3) is 0 Å². The molecule has 0 radical (unpaired) electrons. The lowest BCUT2D eigenvalue weighted by Crippen LogP contribution is -2.19. The highest BCUT2D eigenvalue weighted by molar-refractivity contribution is 7.92. The molecule has 0 saturated heterocycles. The van der Waals surface area contributed by atoms with Gasteiger partial charge < -0.3 is 14.8 Å². The van der Waals surface area contributed by atoms with E-state index in [4.69, 9.17) is 9.47 Å².